The molecular formula is C23H22F2N6O2. The number of nitrogens with zero attached hydrogens (tertiary/aromatic N) is 5. The first-order valence-electron chi connectivity index (χ1n) is 10.6. The third kappa shape index (κ3) is 3.56. The molecule has 170 valence electrons. The summed E-state index contributed by atoms with van der Waals surface area (Å²) in [4.78, 5) is 30.2. The van der Waals surface area contributed by atoms with Gasteiger partial charge in [-0.25, -0.2) is 13.8 Å². The number of aromatic nitrogens is 3. The van der Waals surface area contributed by atoms with Crippen LogP contribution in [-0.4, -0.2) is 47.1 Å². The summed E-state index contributed by atoms with van der Waals surface area (Å²) in [5, 5.41) is 0. The zero-order chi connectivity index (χ0) is 23.3. The molecule has 8 nitrogen and oxygen atoms in total. The molecule has 0 aliphatic carbocycles. The minimum atomic E-state index is -1.08. The summed E-state index contributed by atoms with van der Waals surface area (Å²) in [7, 11) is 1.37. The summed E-state index contributed by atoms with van der Waals surface area (Å²) in [5.74, 6) is -1.33. The van der Waals surface area contributed by atoms with E-state index in [9.17, 15) is 13.6 Å². The molecule has 3 aromatic rings. The van der Waals surface area contributed by atoms with Crippen LogP contribution in [-0.2, 0) is 6.54 Å². The largest absolute Gasteiger partial charge is 0.496 e. The highest BCUT2D eigenvalue weighted by molar-refractivity contribution is 6.10. The van der Waals surface area contributed by atoms with Crippen molar-refractivity contribution < 1.29 is 18.3 Å². The number of pyridine rings is 1. The Bertz CT molecular complexity index is 1270. The maximum Gasteiger partial charge on any atom is 0.260 e. The molecule has 1 amide bonds. The van der Waals surface area contributed by atoms with Gasteiger partial charge in [0.05, 0.1) is 24.9 Å². The second-order valence-corrected chi connectivity index (χ2v) is 8.18. The number of fused-ring (bicyclic) bond motifs is 1. The van der Waals surface area contributed by atoms with Crippen LogP contribution in [0.5, 0.6) is 5.75 Å². The van der Waals surface area contributed by atoms with Gasteiger partial charge in [0.15, 0.2) is 11.6 Å². The van der Waals surface area contributed by atoms with E-state index in [0.29, 0.717) is 35.1 Å². The molecule has 2 aromatic heterocycles. The van der Waals surface area contributed by atoms with E-state index >= 15 is 0 Å². The van der Waals surface area contributed by atoms with Crippen molar-refractivity contribution in [2.75, 3.05) is 30.0 Å². The summed E-state index contributed by atoms with van der Waals surface area (Å²) in [6.45, 7) is 3.32. The Morgan fingerprint density at radius 1 is 1.21 bits per heavy atom. The fourth-order valence-corrected chi connectivity index (χ4v) is 4.34. The van der Waals surface area contributed by atoms with Crippen molar-refractivity contribution in [3.8, 4) is 17.0 Å². The summed E-state index contributed by atoms with van der Waals surface area (Å²) in [6.07, 6.45) is 2.25. The smallest absolute Gasteiger partial charge is 0.260 e. The quantitative estimate of drug-likeness (QED) is 0.650. The predicted molar refractivity (Wildman–Crippen MR) is 118 cm³/mol. The second kappa shape index (κ2) is 8.04. The molecule has 0 saturated carbocycles. The van der Waals surface area contributed by atoms with Gasteiger partial charge in [0.25, 0.3) is 5.91 Å². The monoisotopic (exact) mass is 452 g/mol. The lowest BCUT2D eigenvalue weighted by Crippen LogP contribution is -2.29. The van der Waals surface area contributed by atoms with Gasteiger partial charge in [-0.05, 0) is 31.5 Å². The Hall–Kier alpha value is -3.66. The van der Waals surface area contributed by atoms with E-state index in [1.165, 1.54) is 24.3 Å². The fraction of sp³-hybridized carbons (Fsp3) is 0.304. The van der Waals surface area contributed by atoms with E-state index in [-0.39, 0.29) is 35.5 Å². The van der Waals surface area contributed by atoms with Crippen molar-refractivity contribution in [3.63, 3.8) is 0 Å². The maximum absolute atomic E-state index is 14.8. The Balaban J connectivity index is 1.57. The maximum atomic E-state index is 14.8. The van der Waals surface area contributed by atoms with E-state index in [4.69, 9.17) is 10.5 Å². The van der Waals surface area contributed by atoms with E-state index in [0.717, 1.165) is 19.0 Å². The van der Waals surface area contributed by atoms with Gasteiger partial charge in [-0.3, -0.25) is 14.7 Å². The highest BCUT2D eigenvalue weighted by Gasteiger charge is 2.34. The Kier molecular flexibility index (Phi) is 5.16. The number of benzene rings is 1. The Morgan fingerprint density at radius 2 is 2.03 bits per heavy atom. The van der Waals surface area contributed by atoms with E-state index in [2.05, 4.69) is 15.0 Å². The van der Waals surface area contributed by atoms with Crippen LogP contribution < -0.4 is 20.3 Å². The molecule has 1 unspecified atom stereocenters. The molecule has 33 heavy (non-hydrogen) atoms. The summed E-state index contributed by atoms with van der Waals surface area (Å²) >= 11 is 0. The van der Waals surface area contributed by atoms with Crippen molar-refractivity contribution in [3.05, 3.63) is 58.9 Å². The second-order valence-electron chi connectivity index (χ2n) is 8.18. The van der Waals surface area contributed by atoms with E-state index in [1.54, 1.807) is 12.1 Å². The van der Waals surface area contributed by atoms with Gasteiger partial charge < -0.3 is 15.4 Å². The highest BCUT2D eigenvalue weighted by atomic mass is 19.2. The van der Waals surface area contributed by atoms with Crippen LogP contribution in [0.1, 0.15) is 28.0 Å². The highest BCUT2D eigenvalue weighted by Crippen LogP contribution is 2.39. The van der Waals surface area contributed by atoms with Gasteiger partial charge in [-0.2, -0.15) is 4.98 Å². The fourth-order valence-electron chi connectivity index (χ4n) is 4.34. The number of methoxy groups -OCH3 is 1. The topological polar surface area (TPSA) is 97.5 Å². The standard InChI is InChI=1S/C23H22F2N6O2/c1-12-9-18(29-23(28-12)30-8-6-13(26)10-30)31-11-15-14(22(31)32)5-7-27-21(15)19-17(33-2)4-3-16(24)20(19)25/h3-5,7,9,13H,6,8,10-11,26H2,1-2H3. The van der Waals surface area contributed by atoms with E-state index in [1.807, 2.05) is 11.8 Å². The van der Waals surface area contributed by atoms with Gasteiger partial charge in [-0.1, -0.05) is 0 Å². The summed E-state index contributed by atoms with van der Waals surface area (Å²) < 4.78 is 34.1. The summed E-state index contributed by atoms with van der Waals surface area (Å²) in [6, 6.07) is 5.68. The van der Waals surface area contributed by atoms with Gasteiger partial charge in [0.2, 0.25) is 5.95 Å². The minimum Gasteiger partial charge on any atom is -0.496 e. The minimum absolute atomic E-state index is 0.0556. The lowest BCUT2D eigenvalue weighted by atomic mass is 10.0. The molecule has 0 radical (unpaired) electrons. The molecule has 4 heterocycles. The van der Waals surface area contributed by atoms with Crippen molar-refractivity contribution in [2.24, 2.45) is 5.73 Å². The molecule has 2 aliphatic heterocycles. The van der Waals surface area contributed by atoms with Crippen LogP contribution in [0.4, 0.5) is 20.5 Å². The van der Waals surface area contributed by atoms with Crippen molar-refractivity contribution >= 4 is 17.7 Å². The van der Waals surface area contributed by atoms with Gasteiger partial charge in [0, 0.05) is 48.2 Å². The number of ether oxygens (including phenoxy) is 1. The van der Waals surface area contributed by atoms with Gasteiger partial charge in [0.1, 0.15) is 11.6 Å². The van der Waals surface area contributed by atoms with Crippen LogP contribution in [0.3, 0.4) is 0 Å². The zero-order valence-electron chi connectivity index (χ0n) is 18.2. The first kappa shape index (κ1) is 21.2. The number of amides is 1. The van der Waals surface area contributed by atoms with Crippen molar-refractivity contribution in [1.29, 1.82) is 0 Å². The molecule has 10 heteroatoms. The lowest BCUT2D eigenvalue weighted by molar-refractivity contribution is 0.0996. The predicted octanol–water partition coefficient (Wildman–Crippen LogP) is 2.83. The third-order valence-electron chi connectivity index (χ3n) is 5.97. The lowest BCUT2D eigenvalue weighted by Gasteiger charge is -2.20. The normalized spacial score (nSPS) is 17.6. The number of rotatable bonds is 4. The van der Waals surface area contributed by atoms with Gasteiger partial charge in [-0.15, -0.1) is 0 Å². The molecule has 0 bridgehead atoms. The summed E-state index contributed by atoms with van der Waals surface area (Å²) in [5.41, 5.74) is 7.60. The number of hydrogen-bond donors (Lipinski definition) is 1. The molecule has 1 atom stereocenters. The van der Waals surface area contributed by atoms with Crippen molar-refractivity contribution in [2.45, 2.75) is 25.9 Å². The number of hydrogen-bond acceptors (Lipinski definition) is 7. The molecule has 2 aliphatic rings. The van der Waals surface area contributed by atoms with Gasteiger partial charge >= 0.3 is 0 Å². The molecule has 0 spiro atoms. The number of carbonyl (C=O) groups is 1. The molecular weight excluding hydrogens is 430 g/mol. The average Bonchev–Trinajstić information content (AvgIpc) is 3.39. The SMILES string of the molecule is COc1ccc(F)c(F)c1-c1nccc2c1CN(c1cc(C)nc(N3CCC(N)C3)n1)C2=O. The number of carbonyl (C=O) groups excluding carboxylic acids is 1. The molecule has 1 aromatic carbocycles. The van der Waals surface area contributed by atoms with Crippen LogP contribution in [0.15, 0.2) is 30.5 Å². The molecule has 5 rings (SSSR count). The van der Waals surface area contributed by atoms with Crippen LogP contribution >= 0.6 is 0 Å². The number of halogens is 2. The first-order valence-corrected chi connectivity index (χ1v) is 10.6. The zero-order valence-corrected chi connectivity index (χ0v) is 18.2. The Labute approximate surface area is 189 Å². The third-order valence-corrected chi connectivity index (χ3v) is 5.97. The Morgan fingerprint density at radius 3 is 2.76 bits per heavy atom. The average molecular weight is 452 g/mol. The molecule has 2 N–H and O–H groups in total. The van der Waals surface area contributed by atoms with Crippen LogP contribution in [0.2, 0.25) is 0 Å². The number of anilines is 2. The molecule has 1 saturated heterocycles. The van der Waals surface area contributed by atoms with Crippen molar-refractivity contribution in [1.82, 2.24) is 15.0 Å². The van der Waals surface area contributed by atoms with Crippen LogP contribution in [0.25, 0.3) is 11.3 Å². The first-order chi connectivity index (χ1) is 15.9. The number of nitrogens with two attached hydrogens (primary N) is 1. The molecule has 1 fully saturated rings. The van der Waals surface area contributed by atoms with Crippen LogP contribution in [0, 0.1) is 18.6 Å². The van der Waals surface area contributed by atoms with E-state index < -0.39 is 11.6 Å². The number of aryl methyl sites for hydroxylation is 1.